The molecule has 4 nitrogen and oxygen atoms in total. The van der Waals surface area contributed by atoms with Crippen LogP contribution in [0.15, 0.2) is 75.8 Å². The third-order valence-electron chi connectivity index (χ3n) is 3.00. The quantitative estimate of drug-likeness (QED) is 0.555. The van der Waals surface area contributed by atoms with Crippen molar-refractivity contribution >= 4 is 27.9 Å². The van der Waals surface area contributed by atoms with Crippen LogP contribution in [0.2, 0.25) is 0 Å². The van der Waals surface area contributed by atoms with E-state index in [1.54, 1.807) is 18.4 Å². The van der Waals surface area contributed by atoms with Crippen LogP contribution in [0.5, 0.6) is 0 Å². The average Bonchev–Trinajstić information content (AvgIpc) is 3.14. The fourth-order valence-corrected chi connectivity index (χ4v) is 1.99. The van der Waals surface area contributed by atoms with Crippen molar-refractivity contribution in [2.24, 2.45) is 0 Å². The van der Waals surface area contributed by atoms with E-state index in [0.29, 0.717) is 5.58 Å². The lowest BCUT2D eigenvalue weighted by Crippen LogP contribution is -1.91. The number of furan rings is 2. The van der Waals surface area contributed by atoms with Gasteiger partial charge in [-0.15, -0.1) is 0 Å². The Morgan fingerprint density at radius 2 is 1.52 bits per heavy atom. The van der Waals surface area contributed by atoms with Crippen LogP contribution in [0.25, 0.3) is 21.9 Å². The molecule has 4 heteroatoms. The smallest absolute Gasteiger partial charge is 0.371 e. The van der Waals surface area contributed by atoms with Crippen molar-refractivity contribution in [2.45, 2.75) is 0 Å². The van der Waals surface area contributed by atoms with E-state index < -0.39 is 5.97 Å². The van der Waals surface area contributed by atoms with Gasteiger partial charge in [0.05, 0.1) is 6.26 Å². The highest BCUT2D eigenvalue weighted by Gasteiger charge is 2.08. The van der Waals surface area contributed by atoms with E-state index >= 15 is 0 Å². The first-order valence-electron chi connectivity index (χ1n) is 6.38. The summed E-state index contributed by atoms with van der Waals surface area (Å²) in [4.78, 5) is 10.5. The molecule has 0 unspecified atom stereocenters. The molecule has 1 N–H and O–H groups in total. The van der Waals surface area contributed by atoms with Gasteiger partial charge in [0.2, 0.25) is 5.76 Å². The Hall–Kier alpha value is -3.01. The number of fused-ring (bicyclic) bond motifs is 2. The number of carboxylic acids is 1. The average molecular weight is 280 g/mol. The van der Waals surface area contributed by atoms with Crippen LogP contribution in [-0.4, -0.2) is 11.1 Å². The SMILES string of the molecule is O=C(O)c1cc2ccccc2o1.c1ccc2occc2c1. The van der Waals surface area contributed by atoms with Gasteiger partial charge in [-0.2, -0.15) is 0 Å². The van der Waals surface area contributed by atoms with E-state index in [4.69, 9.17) is 13.9 Å². The van der Waals surface area contributed by atoms with Gasteiger partial charge in [-0.3, -0.25) is 0 Å². The molecule has 21 heavy (non-hydrogen) atoms. The van der Waals surface area contributed by atoms with Crippen molar-refractivity contribution in [3.63, 3.8) is 0 Å². The molecule has 104 valence electrons. The first-order chi connectivity index (χ1) is 10.2. The van der Waals surface area contributed by atoms with Gasteiger partial charge in [0.1, 0.15) is 11.2 Å². The first kappa shape index (κ1) is 13.0. The van der Waals surface area contributed by atoms with Gasteiger partial charge in [0.15, 0.2) is 0 Å². The third-order valence-corrected chi connectivity index (χ3v) is 3.00. The largest absolute Gasteiger partial charge is 0.475 e. The van der Waals surface area contributed by atoms with Crippen molar-refractivity contribution < 1.29 is 18.7 Å². The molecule has 4 rings (SSSR count). The molecule has 0 bridgehead atoms. The third kappa shape index (κ3) is 2.79. The minimum Gasteiger partial charge on any atom is -0.475 e. The number of hydrogen-bond donors (Lipinski definition) is 1. The molecule has 0 aliphatic heterocycles. The van der Waals surface area contributed by atoms with Gasteiger partial charge in [-0.05, 0) is 24.3 Å². The molecule has 0 saturated carbocycles. The summed E-state index contributed by atoms with van der Waals surface area (Å²) < 4.78 is 10.1. The number of rotatable bonds is 1. The Labute approximate surface area is 120 Å². The monoisotopic (exact) mass is 280 g/mol. The summed E-state index contributed by atoms with van der Waals surface area (Å²) in [5.41, 5.74) is 1.56. The maximum Gasteiger partial charge on any atom is 0.371 e. The molecule has 0 fully saturated rings. The molecule has 0 aliphatic rings. The van der Waals surface area contributed by atoms with Gasteiger partial charge in [0.25, 0.3) is 0 Å². The number of carbonyl (C=O) groups is 1. The minimum absolute atomic E-state index is 0.0174. The molecule has 0 amide bonds. The van der Waals surface area contributed by atoms with Crippen LogP contribution >= 0.6 is 0 Å². The standard InChI is InChI=1S/C9H6O3.C8H6O/c10-9(11)8-5-6-3-1-2-4-7(6)12-8;1-2-4-8-7(3-1)5-6-9-8/h1-5H,(H,10,11);1-6H. The number of para-hydroxylation sites is 2. The molecule has 0 aliphatic carbocycles. The summed E-state index contributed by atoms with van der Waals surface area (Å²) >= 11 is 0. The lowest BCUT2D eigenvalue weighted by molar-refractivity contribution is 0.0665. The predicted molar refractivity (Wildman–Crippen MR) is 79.4 cm³/mol. The van der Waals surface area contributed by atoms with Crippen LogP contribution in [0.1, 0.15) is 10.6 Å². The predicted octanol–water partition coefficient (Wildman–Crippen LogP) is 4.56. The van der Waals surface area contributed by atoms with Crippen LogP contribution < -0.4 is 0 Å². The fourth-order valence-electron chi connectivity index (χ4n) is 1.99. The lowest BCUT2D eigenvalue weighted by Gasteiger charge is -1.83. The lowest BCUT2D eigenvalue weighted by atomic mass is 10.2. The molecule has 4 aromatic rings. The number of hydrogen-bond acceptors (Lipinski definition) is 3. The van der Waals surface area contributed by atoms with Crippen LogP contribution in [0, 0.1) is 0 Å². The Kier molecular flexibility index (Phi) is 3.43. The molecular formula is C17H12O4. The normalized spacial score (nSPS) is 10.3. The molecule has 0 spiro atoms. The molecule has 2 aromatic carbocycles. The van der Waals surface area contributed by atoms with Gasteiger partial charge >= 0.3 is 5.97 Å². The van der Waals surface area contributed by atoms with Gasteiger partial charge in [0, 0.05) is 10.8 Å². The molecular weight excluding hydrogens is 268 g/mol. The van der Waals surface area contributed by atoms with Crippen LogP contribution in [0.3, 0.4) is 0 Å². The molecule has 0 radical (unpaired) electrons. The van der Waals surface area contributed by atoms with E-state index in [0.717, 1.165) is 16.4 Å². The fraction of sp³-hybridized carbons (Fsp3) is 0. The summed E-state index contributed by atoms with van der Waals surface area (Å²) in [5, 5.41) is 10.6. The zero-order chi connectivity index (χ0) is 14.7. The maximum absolute atomic E-state index is 10.5. The summed E-state index contributed by atoms with van der Waals surface area (Å²) in [6.45, 7) is 0. The number of carboxylic acid groups (broad SMARTS) is 1. The van der Waals surface area contributed by atoms with E-state index in [1.807, 2.05) is 42.5 Å². The highest BCUT2D eigenvalue weighted by molar-refractivity contribution is 5.91. The Bertz CT molecular complexity index is 822. The second-order valence-electron chi connectivity index (χ2n) is 4.41. The van der Waals surface area contributed by atoms with Gasteiger partial charge < -0.3 is 13.9 Å². The topological polar surface area (TPSA) is 63.6 Å². The van der Waals surface area contributed by atoms with Crippen LogP contribution in [0.4, 0.5) is 0 Å². The van der Waals surface area contributed by atoms with Gasteiger partial charge in [-0.1, -0.05) is 36.4 Å². The summed E-state index contributed by atoms with van der Waals surface area (Å²) in [7, 11) is 0. The van der Waals surface area contributed by atoms with Crippen molar-refractivity contribution in [3.8, 4) is 0 Å². The summed E-state index contributed by atoms with van der Waals surface area (Å²) in [5.74, 6) is -1.05. The molecule has 2 heterocycles. The Balaban J connectivity index is 0.000000131. The first-order valence-corrected chi connectivity index (χ1v) is 6.38. The van der Waals surface area contributed by atoms with Crippen LogP contribution in [-0.2, 0) is 0 Å². The second kappa shape index (κ2) is 5.54. The van der Waals surface area contributed by atoms with Crippen molar-refractivity contribution in [2.75, 3.05) is 0 Å². The number of aromatic carboxylic acids is 1. The molecule has 2 aromatic heterocycles. The second-order valence-corrected chi connectivity index (χ2v) is 4.41. The minimum atomic E-state index is -1.04. The van der Waals surface area contributed by atoms with Crippen molar-refractivity contribution in [1.82, 2.24) is 0 Å². The highest BCUT2D eigenvalue weighted by Crippen LogP contribution is 2.18. The Morgan fingerprint density at radius 1 is 0.857 bits per heavy atom. The van der Waals surface area contributed by atoms with Crippen molar-refractivity contribution in [3.05, 3.63) is 72.7 Å². The Morgan fingerprint density at radius 3 is 2.19 bits per heavy atom. The summed E-state index contributed by atoms with van der Waals surface area (Å²) in [6, 6.07) is 18.6. The maximum atomic E-state index is 10.5. The zero-order valence-corrected chi connectivity index (χ0v) is 11.0. The van der Waals surface area contributed by atoms with E-state index in [2.05, 4.69) is 0 Å². The number of benzene rings is 2. The molecule has 0 saturated heterocycles. The zero-order valence-electron chi connectivity index (χ0n) is 11.0. The highest BCUT2D eigenvalue weighted by atomic mass is 16.4. The van der Waals surface area contributed by atoms with E-state index in [-0.39, 0.29) is 5.76 Å². The van der Waals surface area contributed by atoms with Gasteiger partial charge in [-0.25, -0.2) is 4.79 Å². The van der Waals surface area contributed by atoms with E-state index in [1.165, 1.54) is 6.07 Å². The summed E-state index contributed by atoms with van der Waals surface area (Å²) in [6.07, 6.45) is 1.70. The van der Waals surface area contributed by atoms with E-state index in [9.17, 15) is 4.79 Å². The molecule has 0 atom stereocenters. The van der Waals surface area contributed by atoms with Crippen molar-refractivity contribution in [1.29, 1.82) is 0 Å².